The van der Waals surface area contributed by atoms with E-state index in [-0.39, 0.29) is 5.91 Å². The maximum Gasteiger partial charge on any atom is 0.222 e. The van der Waals surface area contributed by atoms with Crippen LogP contribution in [0.5, 0.6) is 0 Å². The molecule has 0 saturated carbocycles. The first-order valence-electron chi connectivity index (χ1n) is 10.9. The van der Waals surface area contributed by atoms with Gasteiger partial charge in [-0.25, -0.2) is 0 Å². The molecule has 5 nitrogen and oxygen atoms in total. The Balaban J connectivity index is 1.36. The van der Waals surface area contributed by atoms with Crippen molar-refractivity contribution in [1.82, 2.24) is 14.7 Å². The summed E-state index contributed by atoms with van der Waals surface area (Å²) in [6.45, 7) is 5.37. The first-order chi connectivity index (χ1) is 13.6. The first-order valence-corrected chi connectivity index (χ1v) is 10.9. The number of likely N-dealkylation sites (tertiary alicyclic amines) is 1. The van der Waals surface area contributed by atoms with Gasteiger partial charge in [0.25, 0.3) is 0 Å². The van der Waals surface area contributed by atoms with Gasteiger partial charge in [-0.15, -0.1) is 0 Å². The number of piperazine rings is 1. The maximum absolute atomic E-state index is 12.6. The van der Waals surface area contributed by atoms with Gasteiger partial charge in [-0.3, -0.25) is 9.59 Å². The minimum atomic E-state index is 0.283. The van der Waals surface area contributed by atoms with Crippen molar-refractivity contribution in [2.45, 2.75) is 44.9 Å². The molecule has 0 spiro atoms. The predicted octanol–water partition coefficient (Wildman–Crippen LogP) is 2.80. The Morgan fingerprint density at radius 1 is 0.929 bits per heavy atom. The molecular formula is C23H35N3O2. The summed E-state index contributed by atoms with van der Waals surface area (Å²) in [5.41, 5.74) is 1.30. The van der Waals surface area contributed by atoms with Crippen LogP contribution in [0.3, 0.4) is 0 Å². The van der Waals surface area contributed by atoms with Gasteiger partial charge in [-0.2, -0.15) is 0 Å². The maximum atomic E-state index is 12.6. The van der Waals surface area contributed by atoms with Crippen LogP contribution < -0.4 is 0 Å². The Kier molecular flexibility index (Phi) is 7.90. The van der Waals surface area contributed by atoms with Crippen LogP contribution in [0, 0.1) is 5.92 Å². The molecule has 0 aromatic heterocycles. The second-order valence-electron chi connectivity index (χ2n) is 8.41. The zero-order valence-corrected chi connectivity index (χ0v) is 17.3. The number of carbonyl (C=O) groups excluding carboxylic acids is 2. The zero-order valence-electron chi connectivity index (χ0n) is 17.3. The van der Waals surface area contributed by atoms with Crippen LogP contribution >= 0.6 is 0 Å². The number of benzene rings is 1. The number of amides is 2. The fraction of sp³-hybridized carbons (Fsp3) is 0.652. The second kappa shape index (κ2) is 10.6. The molecule has 0 N–H and O–H groups in total. The number of carbonyl (C=O) groups is 2. The molecule has 1 aromatic carbocycles. The standard InChI is InChI=1S/C23H35N3O2/c1-24-15-17-25(18-16-24)23(28)13-12-21-10-6-14-26(19-21)22(27)11-5-9-20-7-3-2-4-8-20/h2-4,7-8,21H,5-6,9-19H2,1H3. The zero-order chi connectivity index (χ0) is 19.8. The Bertz CT molecular complexity index is 626. The summed E-state index contributed by atoms with van der Waals surface area (Å²) in [6.07, 6.45) is 6.25. The van der Waals surface area contributed by atoms with E-state index in [4.69, 9.17) is 0 Å². The van der Waals surface area contributed by atoms with Gasteiger partial charge in [0.2, 0.25) is 11.8 Å². The van der Waals surface area contributed by atoms with Crippen LogP contribution in [-0.4, -0.2) is 72.8 Å². The van der Waals surface area contributed by atoms with Crippen LogP contribution in [0.15, 0.2) is 30.3 Å². The first kappa shape index (κ1) is 20.8. The topological polar surface area (TPSA) is 43.9 Å². The number of rotatable bonds is 7. The van der Waals surface area contributed by atoms with E-state index in [2.05, 4.69) is 36.2 Å². The molecule has 2 aliphatic heterocycles. The van der Waals surface area contributed by atoms with Crippen LogP contribution in [0.4, 0.5) is 0 Å². The molecule has 2 saturated heterocycles. The van der Waals surface area contributed by atoms with Gasteiger partial charge in [0.1, 0.15) is 0 Å². The van der Waals surface area contributed by atoms with Gasteiger partial charge in [0.05, 0.1) is 0 Å². The SMILES string of the molecule is CN1CCN(C(=O)CCC2CCCN(C(=O)CCCc3ccccc3)C2)CC1. The summed E-state index contributed by atoms with van der Waals surface area (Å²) < 4.78 is 0. The van der Waals surface area contributed by atoms with Gasteiger partial charge in [0, 0.05) is 52.1 Å². The number of nitrogens with zero attached hydrogens (tertiary/aromatic N) is 3. The number of piperidine rings is 1. The molecule has 2 aliphatic rings. The van der Waals surface area contributed by atoms with E-state index in [0.717, 1.165) is 71.4 Å². The highest BCUT2D eigenvalue weighted by atomic mass is 16.2. The molecule has 2 heterocycles. The highest BCUT2D eigenvalue weighted by Gasteiger charge is 2.25. The lowest BCUT2D eigenvalue weighted by molar-refractivity contribution is -0.133. The average molecular weight is 386 g/mol. The van der Waals surface area contributed by atoms with E-state index >= 15 is 0 Å². The van der Waals surface area contributed by atoms with E-state index in [1.807, 2.05) is 15.9 Å². The normalized spacial score (nSPS) is 21.0. The van der Waals surface area contributed by atoms with Gasteiger partial charge in [-0.1, -0.05) is 30.3 Å². The smallest absolute Gasteiger partial charge is 0.222 e. The lowest BCUT2D eigenvalue weighted by Crippen LogP contribution is -2.47. The summed E-state index contributed by atoms with van der Waals surface area (Å²) in [6, 6.07) is 10.4. The predicted molar refractivity (Wildman–Crippen MR) is 112 cm³/mol. The highest BCUT2D eigenvalue weighted by Crippen LogP contribution is 2.22. The van der Waals surface area contributed by atoms with Crippen LogP contribution in [0.25, 0.3) is 0 Å². The summed E-state index contributed by atoms with van der Waals surface area (Å²) in [7, 11) is 2.11. The van der Waals surface area contributed by atoms with Gasteiger partial charge >= 0.3 is 0 Å². The molecule has 0 aliphatic carbocycles. The number of hydrogen-bond acceptors (Lipinski definition) is 3. The molecule has 5 heteroatoms. The fourth-order valence-corrected chi connectivity index (χ4v) is 4.32. The molecule has 1 aromatic rings. The molecule has 2 amide bonds. The van der Waals surface area contributed by atoms with Crippen LogP contribution in [0.2, 0.25) is 0 Å². The van der Waals surface area contributed by atoms with Crippen molar-refractivity contribution in [3.8, 4) is 0 Å². The number of likely N-dealkylation sites (N-methyl/N-ethyl adjacent to an activating group) is 1. The van der Waals surface area contributed by atoms with E-state index < -0.39 is 0 Å². The highest BCUT2D eigenvalue weighted by molar-refractivity contribution is 5.77. The molecule has 1 unspecified atom stereocenters. The third-order valence-corrected chi connectivity index (χ3v) is 6.19. The van der Waals surface area contributed by atoms with E-state index in [1.54, 1.807) is 0 Å². The third kappa shape index (κ3) is 6.33. The van der Waals surface area contributed by atoms with Crippen molar-refractivity contribution in [2.24, 2.45) is 5.92 Å². The lowest BCUT2D eigenvalue weighted by atomic mass is 9.92. The molecular weight excluding hydrogens is 350 g/mol. The summed E-state index contributed by atoms with van der Waals surface area (Å²) in [4.78, 5) is 31.4. The van der Waals surface area contributed by atoms with Crippen molar-refractivity contribution in [1.29, 1.82) is 0 Å². The number of hydrogen-bond donors (Lipinski definition) is 0. The largest absolute Gasteiger partial charge is 0.342 e. The second-order valence-corrected chi connectivity index (χ2v) is 8.41. The molecule has 0 radical (unpaired) electrons. The summed E-state index contributed by atoms with van der Waals surface area (Å²) in [5, 5.41) is 0. The summed E-state index contributed by atoms with van der Waals surface area (Å²) in [5.74, 6) is 1.05. The van der Waals surface area contributed by atoms with Crippen LogP contribution in [0.1, 0.15) is 44.1 Å². The van der Waals surface area contributed by atoms with Crippen LogP contribution in [-0.2, 0) is 16.0 Å². The van der Waals surface area contributed by atoms with Crippen molar-refractivity contribution in [2.75, 3.05) is 46.3 Å². The quantitative estimate of drug-likeness (QED) is 0.725. The van der Waals surface area contributed by atoms with Gasteiger partial charge < -0.3 is 14.7 Å². The molecule has 28 heavy (non-hydrogen) atoms. The van der Waals surface area contributed by atoms with Gasteiger partial charge in [-0.05, 0) is 50.6 Å². The van der Waals surface area contributed by atoms with E-state index in [0.29, 0.717) is 24.7 Å². The summed E-state index contributed by atoms with van der Waals surface area (Å²) >= 11 is 0. The van der Waals surface area contributed by atoms with E-state index in [9.17, 15) is 9.59 Å². The average Bonchev–Trinajstić information content (AvgIpc) is 2.73. The molecule has 0 bridgehead atoms. The minimum Gasteiger partial charge on any atom is -0.342 e. The fourth-order valence-electron chi connectivity index (χ4n) is 4.32. The van der Waals surface area contributed by atoms with E-state index in [1.165, 1.54) is 5.56 Å². The van der Waals surface area contributed by atoms with Crippen molar-refractivity contribution < 1.29 is 9.59 Å². The van der Waals surface area contributed by atoms with Crippen molar-refractivity contribution >= 4 is 11.8 Å². The molecule has 154 valence electrons. The molecule has 1 atom stereocenters. The Labute approximate surface area is 169 Å². The molecule has 3 rings (SSSR count). The molecule has 2 fully saturated rings. The Morgan fingerprint density at radius 2 is 1.64 bits per heavy atom. The monoisotopic (exact) mass is 385 g/mol. The minimum absolute atomic E-state index is 0.283. The Hall–Kier alpha value is -1.88. The number of aryl methyl sites for hydroxylation is 1. The van der Waals surface area contributed by atoms with Crippen molar-refractivity contribution in [3.63, 3.8) is 0 Å². The van der Waals surface area contributed by atoms with Crippen molar-refractivity contribution in [3.05, 3.63) is 35.9 Å². The lowest BCUT2D eigenvalue weighted by Gasteiger charge is -2.34. The Morgan fingerprint density at radius 3 is 2.39 bits per heavy atom. The third-order valence-electron chi connectivity index (χ3n) is 6.19. The van der Waals surface area contributed by atoms with Gasteiger partial charge in [0.15, 0.2) is 0 Å².